The Morgan fingerprint density at radius 2 is 1.88 bits per heavy atom. The molecule has 2 unspecified atom stereocenters. The molecule has 6 N–H and O–H groups in total. The third kappa shape index (κ3) is 4.71. The molecule has 2 fully saturated rings. The first kappa shape index (κ1) is 23.6. The van der Waals surface area contributed by atoms with E-state index in [4.69, 9.17) is 19.7 Å². The molecule has 6 atom stereocenters. The number of aliphatic hydroxyl groups excluding tert-OH is 2. The van der Waals surface area contributed by atoms with Crippen LogP contribution >= 0.6 is 15.6 Å². The summed E-state index contributed by atoms with van der Waals surface area (Å²) in [6.07, 6.45) is -2.99. The van der Waals surface area contributed by atoms with Gasteiger partial charge in [-0.05, 0) is 0 Å². The van der Waals surface area contributed by atoms with Gasteiger partial charge in [-0.3, -0.25) is 9.09 Å². The number of hydrogen-bond donors (Lipinski definition) is 5. The Balaban J connectivity index is 1.41. The fourth-order valence-electron chi connectivity index (χ4n) is 3.34. The number of imidazole rings is 1. The van der Waals surface area contributed by atoms with Gasteiger partial charge in [0.05, 0.1) is 26.1 Å². The lowest BCUT2D eigenvalue weighted by Crippen LogP contribution is -2.34. The molecule has 0 aliphatic carbocycles. The maximum atomic E-state index is 12.3. The van der Waals surface area contributed by atoms with E-state index in [9.17, 15) is 29.1 Å². The number of phosphoric acid groups is 1. The molecule has 0 spiro atoms. The first-order chi connectivity index (χ1) is 15.1. The maximum absolute atomic E-state index is 12.3. The van der Waals surface area contributed by atoms with E-state index in [2.05, 4.69) is 19.3 Å². The lowest BCUT2D eigenvalue weighted by atomic mass is 10.1. The van der Waals surface area contributed by atoms with Gasteiger partial charge in [0.25, 0.3) is 0 Å². The Kier molecular flexibility index (Phi) is 6.64. The van der Waals surface area contributed by atoms with Gasteiger partial charge in [0.2, 0.25) is 0 Å². The van der Waals surface area contributed by atoms with Gasteiger partial charge in [-0.15, -0.1) is 0 Å². The van der Waals surface area contributed by atoms with Crippen LogP contribution in [0.2, 0.25) is 0 Å². The molecule has 18 heteroatoms. The zero-order valence-corrected chi connectivity index (χ0v) is 18.2. The zero-order chi connectivity index (χ0) is 23.1. The van der Waals surface area contributed by atoms with Crippen LogP contribution in [-0.4, -0.2) is 95.4 Å². The number of phosphoric ester groups is 1. The van der Waals surface area contributed by atoms with E-state index < -0.39 is 46.7 Å². The average Bonchev–Trinajstić information content (AvgIpc) is 3.29. The predicted molar refractivity (Wildman–Crippen MR) is 105 cm³/mol. The molecule has 0 bridgehead atoms. The molecule has 2 aromatic heterocycles. The van der Waals surface area contributed by atoms with E-state index in [1.807, 2.05) is 0 Å². The van der Waals surface area contributed by atoms with E-state index in [0.29, 0.717) is 0 Å². The second-order valence-corrected chi connectivity index (χ2v) is 10.4. The summed E-state index contributed by atoms with van der Waals surface area (Å²) in [6, 6.07) is 0. The van der Waals surface area contributed by atoms with Gasteiger partial charge in [0.1, 0.15) is 30.2 Å². The molecule has 0 radical (unpaired) electrons. The summed E-state index contributed by atoms with van der Waals surface area (Å²) in [7, 11) is -9.67. The van der Waals surface area contributed by atoms with Crippen molar-refractivity contribution >= 4 is 32.6 Å². The molecule has 4 rings (SSSR count). The molecular weight excluding hydrogens is 474 g/mol. The second-order valence-electron chi connectivity index (χ2n) is 7.03. The Labute approximate surface area is 180 Å². The van der Waals surface area contributed by atoms with Crippen molar-refractivity contribution in [1.29, 1.82) is 0 Å². The van der Waals surface area contributed by atoms with Crippen LogP contribution in [-0.2, 0) is 27.4 Å². The molecule has 2 aliphatic heterocycles. The minimum absolute atomic E-state index is 0.0268. The molecule has 32 heavy (non-hydrogen) atoms. The highest BCUT2D eigenvalue weighted by atomic mass is 31.3. The van der Waals surface area contributed by atoms with Crippen LogP contribution in [0.25, 0.3) is 11.2 Å². The number of nitrogen functional groups attached to an aromatic ring is 1. The van der Waals surface area contributed by atoms with Crippen LogP contribution in [0.5, 0.6) is 0 Å². The quantitative estimate of drug-likeness (QED) is 0.278. The Hall–Kier alpha value is -1.55. The summed E-state index contributed by atoms with van der Waals surface area (Å²) in [5, 5.41) is 20.7. The summed E-state index contributed by atoms with van der Waals surface area (Å²) in [6.45, 7) is -0.357. The fourth-order valence-corrected chi connectivity index (χ4v) is 6.02. The Bertz CT molecular complexity index is 1060. The number of rotatable bonds is 7. The highest BCUT2D eigenvalue weighted by Gasteiger charge is 2.46. The van der Waals surface area contributed by atoms with Crippen LogP contribution in [0.15, 0.2) is 12.7 Å². The number of ether oxygens (including phenoxy) is 2. The standard InChI is InChI=1S/C14H22N6O10P2/c15-12-9-13(17-6-16-12)20(7-18-9)14-11(22)10(21)8(29-14)5-28-32(25,26)30-31(23,24)19-1-3-27-4-2-19/h6-8,10-11,14,21-22H,1-5H2,(H,23,24)(H,25,26)(H2,15,16,17)/t8-,10-,11-,14-/m1/s1. The average molecular weight is 496 g/mol. The summed E-state index contributed by atoms with van der Waals surface area (Å²) in [5.41, 5.74) is 6.22. The SMILES string of the molecule is Nc1ncnc2c1ncn2[C@@H]1O[C@H](COP(=O)(O)OP(=O)(O)N2CCOCC2)[C@@H](O)[C@H]1O. The van der Waals surface area contributed by atoms with Crippen LogP contribution in [0, 0.1) is 0 Å². The summed E-state index contributed by atoms with van der Waals surface area (Å²) in [4.78, 5) is 31.8. The summed E-state index contributed by atoms with van der Waals surface area (Å²) in [5.74, 6) is 0.105. The third-order valence-electron chi connectivity index (χ3n) is 4.95. The fraction of sp³-hybridized carbons (Fsp3) is 0.643. The minimum atomic E-state index is -5.03. The highest BCUT2D eigenvalue weighted by Crippen LogP contribution is 2.61. The van der Waals surface area contributed by atoms with Crippen molar-refractivity contribution in [2.45, 2.75) is 24.5 Å². The number of hydrogen-bond acceptors (Lipinski definition) is 12. The van der Waals surface area contributed by atoms with Crippen molar-refractivity contribution in [3.8, 4) is 0 Å². The van der Waals surface area contributed by atoms with Crippen molar-refractivity contribution in [3.05, 3.63) is 12.7 Å². The largest absolute Gasteiger partial charge is 0.480 e. The molecular formula is C14H22N6O10P2. The van der Waals surface area contributed by atoms with Crippen LogP contribution in [0.3, 0.4) is 0 Å². The smallest absolute Gasteiger partial charge is 0.387 e. The Morgan fingerprint density at radius 3 is 2.59 bits per heavy atom. The van der Waals surface area contributed by atoms with E-state index in [0.717, 1.165) is 4.67 Å². The number of anilines is 1. The number of fused-ring (bicyclic) bond motifs is 1. The van der Waals surface area contributed by atoms with Gasteiger partial charge < -0.3 is 35.2 Å². The number of morpholine rings is 1. The van der Waals surface area contributed by atoms with Crippen LogP contribution < -0.4 is 5.73 Å². The number of nitrogens with zero attached hydrogens (tertiary/aromatic N) is 5. The van der Waals surface area contributed by atoms with Gasteiger partial charge in [-0.2, -0.15) is 4.31 Å². The summed E-state index contributed by atoms with van der Waals surface area (Å²) >= 11 is 0. The van der Waals surface area contributed by atoms with Gasteiger partial charge in [-0.1, -0.05) is 0 Å². The molecule has 0 aromatic carbocycles. The zero-order valence-electron chi connectivity index (χ0n) is 16.4. The third-order valence-corrected chi connectivity index (χ3v) is 8.22. The van der Waals surface area contributed by atoms with Crippen LogP contribution in [0.4, 0.5) is 5.82 Å². The number of nitrogens with two attached hydrogens (primary N) is 1. The molecule has 0 amide bonds. The molecule has 4 heterocycles. The first-order valence-electron chi connectivity index (χ1n) is 9.38. The molecule has 16 nitrogen and oxygen atoms in total. The summed E-state index contributed by atoms with van der Waals surface area (Å²) < 4.78 is 46.7. The van der Waals surface area contributed by atoms with Crippen molar-refractivity contribution in [2.24, 2.45) is 0 Å². The normalized spacial score (nSPS) is 30.9. The predicted octanol–water partition coefficient (Wildman–Crippen LogP) is -1.41. The van der Waals surface area contributed by atoms with Crippen LogP contribution in [0.1, 0.15) is 6.23 Å². The van der Waals surface area contributed by atoms with E-state index >= 15 is 0 Å². The molecule has 178 valence electrons. The lowest BCUT2D eigenvalue weighted by molar-refractivity contribution is -0.0503. The van der Waals surface area contributed by atoms with Crippen molar-refractivity contribution in [3.63, 3.8) is 0 Å². The monoisotopic (exact) mass is 496 g/mol. The minimum Gasteiger partial charge on any atom is -0.387 e. The second kappa shape index (κ2) is 9.00. The Morgan fingerprint density at radius 1 is 1.16 bits per heavy atom. The first-order valence-corrected chi connectivity index (χ1v) is 12.4. The molecule has 2 aromatic rings. The molecule has 2 aliphatic rings. The van der Waals surface area contributed by atoms with Gasteiger partial charge in [0, 0.05) is 13.1 Å². The van der Waals surface area contributed by atoms with Crippen molar-refractivity contribution in [1.82, 2.24) is 24.2 Å². The lowest BCUT2D eigenvalue weighted by Gasteiger charge is -2.30. The van der Waals surface area contributed by atoms with Crippen molar-refractivity contribution in [2.75, 3.05) is 38.6 Å². The maximum Gasteiger partial charge on any atom is 0.480 e. The van der Waals surface area contributed by atoms with E-state index in [-0.39, 0.29) is 43.3 Å². The van der Waals surface area contributed by atoms with E-state index in [1.165, 1.54) is 17.2 Å². The van der Waals surface area contributed by atoms with E-state index in [1.54, 1.807) is 0 Å². The molecule has 0 saturated carbocycles. The van der Waals surface area contributed by atoms with Gasteiger partial charge >= 0.3 is 15.6 Å². The highest BCUT2D eigenvalue weighted by molar-refractivity contribution is 7.62. The van der Waals surface area contributed by atoms with Gasteiger partial charge in [-0.25, -0.2) is 28.8 Å². The topological polar surface area (TPSA) is 225 Å². The van der Waals surface area contributed by atoms with Gasteiger partial charge in [0.15, 0.2) is 17.7 Å². The van der Waals surface area contributed by atoms with Crippen molar-refractivity contribution < 1.29 is 47.4 Å². The number of aliphatic hydroxyl groups is 2. The number of aromatic nitrogens is 4. The molecule has 2 saturated heterocycles.